The van der Waals surface area contributed by atoms with Crippen LogP contribution in [0, 0.1) is 5.82 Å². The van der Waals surface area contributed by atoms with Gasteiger partial charge in [0.05, 0.1) is 17.1 Å². The van der Waals surface area contributed by atoms with Crippen LogP contribution in [0.25, 0.3) is 0 Å². The molecule has 0 bridgehead atoms. The fraction of sp³-hybridized carbons (Fsp3) is 0.400. The number of sulfonamides is 1. The number of benzene rings is 1. The van der Waals surface area contributed by atoms with Crippen molar-refractivity contribution in [2.24, 2.45) is 0 Å². The summed E-state index contributed by atoms with van der Waals surface area (Å²) in [6, 6.07) is 4.55. The highest BCUT2D eigenvalue weighted by Crippen LogP contribution is 2.22. The molecule has 0 spiro atoms. The summed E-state index contributed by atoms with van der Waals surface area (Å²) in [4.78, 5) is 11.7. The number of allylic oxidation sites excluding steroid dienone is 1. The molecule has 1 rings (SSSR count). The van der Waals surface area contributed by atoms with Gasteiger partial charge >= 0.3 is 5.97 Å². The van der Waals surface area contributed by atoms with Crippen LogP contribution in [-0.4, -0.2) is 31.8 Å². The molecule has 22 heavy (non-hydrogen) atoms. The number of carbonyl (C=O) groups excluding carboxylic acids is 1. The van der Waals surface area contributed by atoms with Crippen LogP contribution in [0.5, 0.6) is 0 Å². The minimum atomic E-state index is -3.86. The van der Waals surface area contributed by atoms with Crippen molar-refractivity contribution < 1.29 is 22.3 Å². The molecule has 5 nitrogen and oxygen atoms in total. The Kier molecular flexibility index (Phi) is 6.11. The summed E-state index contributed by atoms with van der Waals surface area (Å²) in [6.45, 7) is 6.73. The Morgan fingerprint density at radius 1 is 1.18 bits per heavy atom. The van der Waals surface area contributed by atoms with Crippen molar-refractivity contribution in [2.75, 3.05) is 13.2 Å². The molecular weight excluding hydrogens is 309 g/mol. The van der Waals surface area contributed by atoms with E-state index in [0.29, 0.717) is 0 Å². The standard InChI is InChI=1S/C15H20FNO4S/c1-5-17(12(4)11(3)15(18)21-6-2)22(19,20)14-9-7-13(16)8-10-14/h7-10H,5-6H2,1-4H3. The van der Waals surface area contributed by atoms with Gasteiger partial charge in [0.2, 0.25) is 0 Å². The van der Waals surface area contributed by atoms with Crippen molar-refractivity contribution in [3.8, 4) is 0 Å². The molecule has 1 aromatic carbocycles. The third-order valence-corrected chi connectivity index (χ3v) is 5.17. The average Bonchev–Trinajstić information content (AvgIpc) is 2.47. The van der Waals surface area contributed by atoms with Crippen LogP contribution in [0.2, 0.25) is 0 Å². The number of hydrogen-bond donors (Lipinski definition) is 0. The summed E-state index contributed by atoms with van der Waals surface area (Å²) >= 11 is 0. The molecule has 0 radical (unpaired) electrons. The zero-order valence-corrected chi connectivity index (χ0v) is 13.9. The van der Waals surface area contributed by atoms with E-state index in [1.807, 2.05) is 0 Å². The fourth-order valence-electron chi connectivity index (χ4n) is 1.90. The van der Waals surface area contributed by atoms with Gasteiger partial charge in [-0.05, 0) is 52.0 Å². The lowest BCUT2D eigenvalue weighted by Gasteiger charge is -2.24. The largest absolute Gasteiger partial charge is 0.463 e. The molecule has 0 saturated carbocycles. The van der Waals surface area contributed by atoms with E-state index in [2.05, 4.69) is 0 Å². The number of ether oxygens (including phenoxy) is 1. The first-order chi connectivity index (χ1) is 10.3. The minimum Gasteiger partial charge on any atom is -0.463 e. The molecule has 7 heteroatoms. The Morgan fingerprint density at radius 2 is 1.73 bits per heavy atom. The fourth-order valence-corrected chi connectivity index (χ4v) is 3.47. The molecule has 0 N–H and O–H groups in total. The Hall–Kier alpha value is -1.89. The van der Waals surface area contributed by atoms with Crippen molar-refractivity contribution >= 4 is 16.0 Å². The van der Waals surface area contributed by atoms with E-state index in [1.165, 1.54) is 26.0 Å². The number of esters is 1. The van der Waals surface area contributed by atoms with Gasteiger partial charge in [0.15, 0.2) is 0 Å². The third-order valence-electron chi connectivity index (χ3n) is 3.19. The Balaban J connectivity index is 3.27. The summed E-state index contributed by atoms with van der Waals surface area (Å²) in [6.07, 6.45) is 0. The molecule has 0 aromatic heterocycles. The lowest BCUT2D eigenvalue weighted by Crippen LogP contribution is -2.31. The summed E-state index contributed by atoms with van der Waals surface area (Å²) in [5.74, 6) is -1.08. The van der Waals surface area contributed by atoms with E-state index < -0.39 is 21.8 Å². The Bertz CT molecular complexity index is 665. The van der Waals surface area contributed by atoms with E-state index in [1.54, 1.807) is 13.8 Å². The van der Waals surface area contributed by atoms with Gasteiger partial charge in [0.1, 0.15) is 5.82 Å². The first-order valence-electron chi connectivity index (χ1n) is 6.88. The second-order valence-corrected chi connectivity index (χ2v) is 6.42. The Labute approximate surface area is 130 Å². The highest BCUT2D eigenvalue weighted by atomic mass is 32.2. The van der Waals surface area contributed by atoms with Gasteiger partial charge in [0.25, 0.3) is 10.0 Å². The molecule has 0 aliphatic heterocycles. The molecule has 0 fully saturated rings. The molecule has 0 heterocycles. The maximum Gasteiger partial charge on any atom is 0.335 e. The van der Waals surface area contributed by atoms with Crippen LogP contribution < -0.4 is 0 Å². The second-order valence-electron chi connectivity index (χ2n) is 4.55. The van der Waals surface area contributed by atoms with Crippen LogP contribution in [0.3, 0.4) is 0 Å². The van der Waals surface area contributed by atoms with Crippen molar-refractivity contribution in [2.45, 2.75) is 32.6 Å². The number of nitrogens with zero attached hydrogens (tertiary/aromatic N) is 1. The highest BCUT2D eigenvalue weighted by molar-refractivity contribution is 7.89. The molecule has 0 amide bonds. The van der Waals surface area contributed by atoms with E-state index in [-0.39, 0.29) is 29.3 Å². The first kappa shape index (κ1) is 18.2. The average molecular weight is 329 g/mol. The van der Waals surface area contributed by atoms with E-state index >= 15 is 0 Å². The monoisotopic (exact) mass is 329 g/mol. The molecular formula is C15H20FNO4S. The minimum absolute atomic E-state index is 0.0354. The number of hydrogen-bond acceptors (Lipinski definition) is 4. The SMILES string of the molecule is CCOC(=O)C(C)=C(C)N(CC)S(=O)(=O)c1ccc(F)cc1. The quantitative estimate of drug-likeness (QED) is 0.594. The van der Waals surface area contributed by atoms with Crippen LogP contribution >= 0.6 is 0 Å². The van der Waals surface area contributed by atoms with Gasteiger partial charge < -0.3 is 4.74 Å². The second kappa shape index (κ2) is 7.40. The summed E-state index contributed by atoms with van der Waals surface area (Å²) < 4.78 is 44.2. The molecule has 122 valence electrons. The van der Waals surface area contributed by atoms with Gasteiger partial charge in [-0.1, -0.05) is 0 Å². The van der Waals surface area contributed by atoms with Gasteiger partial charge in [0, 0.05) is 12.2 Å². The molecule has 0 aliphatic rings. The normalized spacial score (nSPS) is 12.6. The topological polar surface area (TPSA) is 63.7 Å². The van der Waals surface area contributed by atoms with Crippen molar-refractivity contribution in [3.63, 3.8) is 0 Å². The molecule has 1 aromatic rings. The van der Waals surface area contributed by atoms with Gasteiger partial charge in [-0.3, -0.25) is 4.31 Å². The first-order valence-corrected chi connectivity index (χ1v) is 8.32. The van der Waals surface area contributed by atoms with Crippen LogP contribution in [0.1, 0.15) is 27.7 Å². The number of carbonyl (C=O) groups is 1. The molecule has 0 aliphatic carbocycles. The lowest BCUT2D eigenvalue weighted by atomic mass is 10.2. The maximum absolute atomic E-state index is 13.0. The van der Waals surface area contributed by atoms with Crippen molar-refractivity contribution in [3.05, 3.63) is 41.4 Å². The van der Waals surface area contributed by atoms with Crippen LogP contribution in [0.4, 0.5) is 4.39 Å². The number of halogens is 1. The molecule has 0 saturated heterocycles. The van der Waals surface area contributed by atoms with Gasteiger partial charge in [-0.25, -0.2) is 17.6 Å². The van der Waals surface area contributed by atoms with Crippen LogP contribution in [0.15, 0.2) is 40.4 Å². The van der Waals surface area contributed by atoms with Crippen molar-refractivity contribution in [1.29, 1.82) is 0 Å². The number of rotatable bonds is 6. The smallest absolute Gasteiger partial charge is 0.335 e. The van der Waals surface area contributed by atoms with E-state index in [0.717, 1.165) is 16.4 Å². The van der Waals surface area contributed by atoms with Crippen LogP contribution in [-0.2, 0) is 19.6 Å². The zero-order chi connectivity index (χ0) is 16.9. The maximum atomic E-state index is 13.0. The predicted molar refractivity (Wildman–Crippen MR) is 81.0 cm³/mol. The summed E-state index contributed by atoms with van der Waals surface area (Å²) in [5.41, 5.74) is 0.500. The predicted octanol–water partition coefficient (Wildman–Crippen LogP) is 2.69. The van der Waals surface area contributed by atoms with E-state index in [9.17, 15) is 17.6 Å². The van der Waals surface area contributed by atoms with E-state index in [4.69, 9.17) is 4.74 Å². The highest BCUT2D eigenvalue weighted by Gasteiger charge is 2.26. The van der Waals surface area contributed by atoms with Gasteiger partial charge in [-0.2, -0.15) is 0 Å². The van der Waals surface area contributed by atoms with Gasteiger partial charge in [-0.15, -0.1) is 0 Å². The summed E-state index contributed by atoms with van der Waals surface area (Å²) in [7, 11) is -3.86. The molecule has 0 unspecified atom stereocenters. The molecule has 0 atom stereocenters. The third kappa shape index (κ3) is 3.85. The summed E-state index contributed by atoms with van der Waals surface area (Å²) in [5, 5.41) is 0. The lowest BCUT2D eigenvalue weighted by molar-refractivity contribution is -0.138. The Morgan fingerprint density at radius 3 is 2.18 bits per heavy atom. The zero-order valence-electron chi connectivity index (χ0n) is 13.1. The van der Waals surface area contributed by atoms with Crippen molar-refractivity contribution in [1.82, 2.24) is 4.31 Å².